The van der Waals surface area contributed by atoms with Crippen LogP contribution in [0.15, 0.2) is 0 Å². The minimum Gasteiger partial charge on any atom is -0.383 e. The first-order valence-electron chi connectivity index (χ1n) is 8.51. The number of ether oxygens (including phenoxy) is 1. The van der Waals surface area contributed by atoms with Gasteiger partial charge in [0.15, 0.2) is 0 Å². The largest absolute Gasteiger partial charge is 0.383 e. The quantitative estimate of drug-likeness (QED) is 0.523. The van der Waals surface area contributed by atoms with Crippen LogP contribution in [0.3, 0.4) is 0 Å². The van der Waals surface area contributed by atoms with Crippen molar-refractivity contribution < 1.29 is 4.74 Å². The molecule has 0 aromatic rings. The lowest BCUT2D eigenvalue weighted by Gasteiger charge is -2.44. The Morgan fingerprint density at radius 3 is 2.30 bits per heavy atom. The summed E-state index contributed by atoms with van der Waals surface area (Å²) in [6, 6.07) is 0.564. The van der Waals surface area contributed by atoms with Gasteiger partial charge in [0.1, 0.15) is 0 Å². The van der Waals surface area contributed by atoms with E-state index >= 15 is 0 Å². The van der Waals surface area contributed by atoms with Gasteiger partial charge in [-0.05, 0) is 26.7 Å². The summed E-state index contributed by atoms with van der Waals surface area (Å²) in [7, 11) is 1.78. The van der Waals surface area contributed by atoms with Gasteiger partial charge in [0.25, 0.3) is 0 Å². The number of hydrogen-bond acceptors (Lipinski definition) is 3. The second-order valence-corrected chi connectivity index (χ2v) is 6.31. The molecule has 0 bridgehead atoms. The van der Waals surface area contributed by atoms with E-state index in [4.69, 9.17) is 10.5 Å². The minimum absolute atomic E-state index is 0.111. The predicted molar refractivity (Wildman–Crippen MR) is 89.2 cm³/mol. The van der Waals surface area contributed by atoms with Crippen molar-refractivity contribution in [2.45, 2.75) is 84.2 Å². The molecule has 0 aromatic heterocycles. The van der Waals surface area contributed by atoms with Crippen LogP contribution >= 0.6 is 0 Å². The lowest BCUT2D eigenvalue weighted by Crippen LogP contribution is -2.56. The van der Waals surface area contributed by atoms with Gasteiger partial charge < -0.3 is 10.5 Å². The molecule has 2 atom stereocenters. The van der Waals surface area contributed by atoms with Crippen molar-refractivity contribution in [3.63, 3.8) is 0 Å². The number of nitrogens with zero attached hydrogens (tertiary/aromatic N) is 1. The van der Waals surface area contributed by atoms with E-state index in [1.807, 2.05) is 0 Å². The molecule has 2 N–H and O–H groups in total. The maximum absolute atomic E-state index is 6.13. The molecule has 0 aromatic carbocycles. The highest BCUT2D eigenvalue weighted by atomic mass is 16.5. The molecule has 0 aliphatic rings. The topological polar surface area (TPSA) is 38.5 Å². The van der Waals surface area contributed by atoms with E-state index < -0.39 is 0 Å². The summed E-state index contributed by atoms with van der Waals surface area (Å²) in [5.74, 6) is 0. The van der Waals surface area contributed by atoms with Crippen molar-refractivity contribution in [3.05, 3.63) is 0 Å². The molecule has 0 aliphatic heterocycles. The van der Waals surface area contributed by atoms with Gasteiger partial charge in [-0.15, -0.1) is 0 Å². The lowest BCUT2D eigenvalue weighted by molar-refractivity contribution is 0.0309. The Bertz CT molecular complexity index is 223. The molecule has 20 heavy (non-hydrogen) atoms. The third-order valence-corrected chi connectivity index (χ3v) is 4.61. The second kappa shape index (κ2) is 11.5. The number of methoxy groups -OCH3 is 1. The van der Waals surface area contributed by atoms with E-state index in [0.29, 0.717) is 6.04 Å². The van der Waals surface area contributed by atoms with Crippen LogP contribution in [0.4, 0.5) is 0 Å². The van der Waals surface area contributed by atoms with Crippen molar-refractivity contribution in [1.82, 2.24) is 4.90 Å². The number of hydrogen-bond donors (Lipinski definition) is 1. The standard InChI is InChI=1S/C17H38N2O/c1-6-8-9-10-11-12-17(4,15-18)19(13-14-20-5)16(3)7-2/h16H,6-15,18H2,1-5H3. The zero-order chi connectivity index (χ0) is 15.4. The van der Waals surface area contributed by atoms with Crippen molar-refractivity contribution in [2.75, 3.05) is 26.8 Å². The van der Waals surface area contributed by atoms with Crippen LogP contribution in [-0.4, -0.2) is 43.3 Å². The average Bonchev–Trinajstić information content (AvgIpc) is 2.47. The average molecular weight is 287 g/mol. The summed E-state index contributed by atoms with van der Waals surface area (Å²) in [4.78, 5) is 2.57. The lowest BCUT2D eigenvalue weighted by atomic mass is 9.90. The second-order valence-electron chi connectivity index (χ2n) is 6.31. The number of unbranched alkanes of at least 4 members (excludes halogenated alkanes) is 4. The van der Waals surface area contributed by atoms with Gasteiger partial charge >= 0.3 is 0 Å². The van der Waals surface area contributed by atoms with Gasteiger partial charge in [0.2, 0.25) is 0 Å². The van der Waals surface area contributed by atoms with Gasteiger partial charge in [-0.2, -0.15) is 0 Å². The molecule has 0 spiro atoms. The van der Waals surface area contributed by atoms with Crippen LogP contribution in [0.1, 0.15) is 72.6 Å². The van der Waals surface area contributed by atoms with E-state index in [1.165, 1.54) is 38.5 Å². The van der Waals surface area contributed by atoms with Crippen LogP contribution in [0.5, 0.6) is 0 Å². The van der Waals surface area contributed by atoms with Gasteiger partial charge in [-0.25, -0.2) is 0 Å². The van der Waals surface area contributed by atoms with E-state index in [9.17, 15) is 0 Å². The zero-order valence-corrected chi connectivity index (χ0v) is 14.6. The fraction of sp³-hybridized carbons (Fsp3) is 1.00. The molecular weight excluding hydrogens is 248 g/mol. The Hall–Kier alpha value is -0.120. The fourth-order valence-electron chi connectivity index (χ4n) is 2.90. The minimum atomic E-state index is 0.111. The summed E-state index contributed by atoms with van der Waals surface area (Å²) in [6.45, 7) is 11.6. The Kier molecular flexibility index (Phi) is 11.5. The highest BCUT2D eigenvalue weighted by Gasteiger charge is 2.32. The van der Waals surface area contributed by atoms with Crippen molar-refractivity contribution in [2.24, 2.45) is 5.73 Å². The van der Waals surface area contributed by atoms with Crippen LogP contribution < -0.4 is 5.73 Å². The third-order valence-electron chi connectivity index (χ3n) is 4.61. The molecule has 0 fully saturated rings. The van der Waals surface area contributed by atoms with Gasteiger partial charge in [-0.1, -0.05) is 46.0 Å². The van der Waals surface area contributed by atoms with Crippen LogP contribution in [0, 0.1) is 0 Å². The zero-order valence-electron chi connectivity index (χ0n) is 14.6. The summed E-state index contributed by atoms with van der Waals surface area (Å²) in [5, 5.41) is 0. The first-order valence-corrected chi connectivity index (χ1v) is 8.51. The Morgan fingerprint density at radius 1 is 1.15 bits per heavy atom. The van der Waals surface area contributed by atoms with E-state index in [1.54, 1.807) is 7.11 Å². The molecule has 3 nitrogen and oxygen atoms in total. The molecule has 0 radical (unpaired) electrons. The first kappa shape index (κ1) is 19.9. The van der Waals surface area contributed by atoms with Crippen LogP contribution in [0.25, 0.3) is 0 Å². The molecule has 3 heteroatoms. The van der Waals surface area contributed by atoms with Gasteiger partial charge in [0.05, 0.1) is 6.61 Å². The number of nitrogens with two attached hydrogens (primary N) is 1. The molecule has 0 heterocycles. The summed E-state index contributed by atoms with van der Waals surface area (Å²) < 4.78 is 5.28. The smallest absolute Gasteiger partial charge is 0.0590 e. The molecule has 0 rings (SSSR count). The summed E-state index contributed by atoms with van der Waals surface area (Å²) >= 11 is 0. The van der Waals surface area contributed by atoms with Crippen LogP contribution in [-0.2, 0) is 4.74 Å². The SMILES string of the molecule is CCCCCCCC(C)(CN)N(CCOC)C(C)CC. The van der Waals surface area contributed by atoms with E-state index in [-0.39, 0.29) is 5.54 Å². The van der Waals surface area contributed by atoms with Crippen molar-refractivity contribution in [1.29, 1.82) is 0 Å². The fourth-order valence-corrected chi connectivity index (χ4v) is 2.90. The Labute approximate surface area is 127 Å². The number of rotatable bonds is 13. The normalized spacial score (nSPS) is 16.4. The molecule has 0 saturated heterocycles. The summed E-state index contributed by atoms with van der Waals surface area (Å²) in [6.07, 6.45) is 9.00. The molecule has 0 aliphatic carbocycles. The monoisotopic (exact) mass is 286 g/mol. The molecule has 0 amide bonds. The van der Waals surface area contributed by atoms with E-state index in [0.717, 1.165) is 26.1 Å². The van der Waals surface area contributed by atoms with Crippen molar-refractivity contribution in [3.8, 4) is 0 Å². The maximum atomic E-state index is 6.13. The highest BCUT2D eigenvalue weighted by Crippen LogP contribution is 2.25. The summed E-state index contributed by atoms with van der Waals surface area (Å²) in [5.41, 5.74) is 6.24. The van der Waals surface area contributed by atoms with Crippen LogP contribution in [0.2, 0.25) is 0 Å². The van der Waals surface area contributed by atoms with E-state index in [2.05, 4.69) is 32.6 Å². The molecular formula is C17H38N2O. The molecule has 122 valence electrons. The Balaban J connectivity index is 4.49. The first-order chi connectivity index (χ1) is 9.55. The molecule has 0 saturated carbocycles. The third kappa shape index (κ3) is 7.05. The van der Waals surface area contributed by atoms with Crippen molar-refractivity contribution >= 4 is 0 Å². The van der Waals surface area contributed by atoms with Gasteiger partial charge in [0, 0.05) is 31.8 Å². The van der Waals surface area contributed by atoms with Gasteiger partial charge in [-0.3, -0.25) is 4.90 Å². The predicted octanol–water partition coefficient (Wildman–Crippen LogP) is 3.81. The molecule has 2 unspecified atom stereocenters. The maximum Gasteiger partial charge on any atom is 0.0590 e. The highest BCUT2D eigenvalue weighted by molar-refractivity contribution is 4.90. The Morgan fingerprint density at radius 2 is 1.80 bits per heavy atom.